The molecule has 23 heavy (non-hydrogen) atoms. The Morgan fingerprint density at radius 2 is 1.96 bits per heavy atom. The quantitative estimate of drug-likeness (QED) is 0.857. The molecular formula is C17H31N3O3. The summed E-state index contributed by atoms with van der Waals surface area (Å²) in [5.74, 6) is 0.310. The molecule has 0 unspecified atom stereocenters. The monoisotopic (exact) mass is 325 g/mol. The van der Waals surface area contributed by atoms with Crippen LogP contribution in [0.25, 0.3) is 0 Å². The largest absolute Gasteiger partial charge is 0.444 e. The Balaban J connectivity index is 1.94. The summed E-state index contributed by atoms with van der Waals surface area (Å²) < 4.78 is 5.54. The molecular weight excluding hydrogens is 294 g/mol. The molecule has 0 bridgehead atoms. The van der Waals surface area contributed by atoms with Gasteiger partial charge in [0, 0.05) is 25.7 Å². The number of piperidine rings is 1. The van der Waals surface area contributed by atoms with Gasteiger partial charge in [0.15, 0.2) is 0 Å². The van der Waals surface area contributed by atoms with Gasteiger partial charge >= 0.3 is 6.09 Å². The number of likely N-dealkylation sites (tertiary alicyclic amines) is 1. The van der Waals surface area contributed by atoms with E-state index in [-0.39, 0.29) is 12.0 Å². The molecule has 2 N–H and O–H groups in total. The van der Waals surface area contributed by atoms with Gasteiger partial charge in [0.2, 0.25) is 5.91 Å². The molecule has 0 aromatic heterocycles. The highest BCUT2D eigenvalue weighted by molar-refractivity contribution is 5.81. The number of nitrogens with zero attached hydrogens (tertiary/aromatic N) is 2. The molecule has 1 aliphatic carbocycles. The highest BCUT2D eigenvalue weighted by Gasteiger charge is 2.37. The second-order valence-corrected chi connectivity index (χ2v) is 7.95. The van der Waals surface area contributed by atoms with Crippen LogP contribution in [-0.2, 0) is 9.53 Å². The molecule has 2 aliphatic rings. The summed E-state index contributed by atoms with van der Waals surface area (Å²) in [5.41, 5.74) is 5.24. The van der Waals surface area contributed by atoms with Gasteiger partial charge in [-0.1, -0.05) is 0 Å². The van der Waals surface area contributed by atoms with E-state index < -0.39 is 11.6 Å². The molecule has 1 heterocycles. The first kappa shape index (κ1) is 18.0. The normalized spacial score (nSPS) is 23.3. The van der Waals surface area contributed by atoms with Crippen LogP contribution in [0.2, 0.25) is 0 Å². The lowest BCUT2D eigenvalue weighted by molar-refractivity contribution is -0.134. The molecule has 0 aromatic carbocycles. The first-order chi connectivity index (χ1) is 10.7. The number of carbonyl (C=O) groups excluding carboxylic acids is 2. The maximum Gasteiger partial charge on any atom is 0.410 e. The Kier molecular flexibility index (Phi) is 5.55. The number of rotatable bonds is 4. The summed E-state index contributed by atoms with van der Waals surface area (Å²) in [7, 11) is 0. The van der Waals surface area contributed by atoms with Gasteiger partial charge in [-0.05, 0) is 59.3 Å². The Labute approximate surface area is 139 Å². The van der Waals surface area contributed by atoms with Crippen LogP contribution in [0.1, 0.15) is 53.4 Å². The Morgan fingerprint density at radius 1 is 1.30 bits per heavy atom. The van der Waals surface area contributed by atoms with E-state index in [1.54, 1.807) is 6.92 Å². The summed E-state index contributed by atoms with van der Waals surface area (Å²) in [4.78, 5) is 28.3. The van der Waals surface area contributed by atoms with Crippen molar-refractivity contribution in [3.8, 4) is 0 Å². The number of hydrogen-bond donors (Lipinski definition) is 1. The van der Waals surface area contributed by atoms with Crippen molar-refractivity contribution in [3.05, 3.63) is 0 Å². The molecule has 0 radical (unpaired) electrons. The number of carbonyl (C=O) groups is 2. The van der Waals surface area contributed by atoms with Crippen molar-refractivity contribution in [1.29, 1.82) is 0 Å². The third-order valence-electron chi connectivity index (χ3n) is 4.29. The van der Waals surface area contributed by atoms with Crippen LogP contribution in [0.4, 0.5) is 4.79 Å². The van der Waals surface area contributed by atoms with E-state index in [4.69, 9.17) is 10.5 Å². The topological polar surface area (TPSA) is 75.9 Å². The van der Waals surface area contributed by atoms with Gasteiger partial charge in [-0.2, -0.15) is 0 Å². The first-order valence-corrected chi connectivity index (χ1v) is 8.71. The number of ether oxygens (including phenoxy) is 1. The van der Waals surface area contributed by atoms with Gasteiger partial charge in [0.05, 0.1) is 6.04 Å². The molecule has 2 amide bonds. The molecule has 0 spiro atoms. The highest BCUT2D eigenvalue weighted by Crippen LogP contribution is 2.30. The van der Waals surface area contributed by atoms with E-state index in [2.05, 4.69) is 0 Å². The van der Waals surface area contributed by atoms with E-state index >= 15 is 0 Å². The van der Waals surface area contributed by atoms with Crippen molar-refractivity contribution in [2.24, 2.45) is 11.7 Å². The smallest absolute Gasteiger partial charge is 0.410 e. The molecule has 2 atom stereocenters. The molecule has 1 saturated heterocycles. The lowest BCUT2D eigenvalue weighted by Gasteiger charge is -2.37. The second kappa shape index (κ2) is 7.07. The Bertz CT molecular complexity index is 441. The maximum atomic E-state index is 12.4. The van der Waals surface area contributed by atoms with Crippen LogP contribution in [0, 0.1) is 5.92 Å². The van der Waals surface area contributed by atoms with Gasteiger partial charge < -0.3 is 20.3 Å². The summed E-state index contributed by atoms with van der Waals surface area (Å²) >= 11 is 0. The van der Waals surface area contributed by atoms with Crippen LogP contribution >= 0.6 is 0 Å². The maximum absolute atomic E-state index is 12.4. The van der Waals surface area contributed by atoms with Crippen molar-refractivity contribution < 1.29 is 14.3 Å². The fraction of sp³-hybridized carbons (Fsp3) is 0.882. The van der Waals surface area contributed by atoms with E-state index in [9.17, 15) is 9.59 Å². The second-order valence-electron chi connectivity index (χ2n) is 7.95. The van der Waals surface area contributed by atoms with E-state index in [1.165, 1.54) is 0 Å². The third kappa shape index (κ3) is 5.37. The van der Waals surface area contributed by atoms with Crippen molar-refractivity contribution in [2.45, 2.75) is 71.1 Å². The zero-order valence-corrected chi connectivity index (χ0v) is 14.9. The summed E-state index contributed by atoms with van der Waals surface area (Å²) in [5, 5.41) is 0. The van der Waals surface area contributed by atoms with Crippen LogP contribution in [0.3, 0.4) is 0 Å². The predicted octanol–water partition coefficient (Wildman–Crippen LogP) is 1.97. The molecule has 2 rings (SSSR count). The third-order valence-corrected chi connectivity index (χ3v) is 4.29. The Hall–Kier alpha value is -1.30. The molecule has 1 aliphatic heterocycles. The lowest BCUT2D eigenvalue weighted by Crippen LogP contribution is -2.50. The average Bonchev–Trinajstić information content (AvgIpc) is 3.26. The fourth-order valence-electron chi connectivity index (χ4n) is 3.06. The summed E-state index contributed by atoms with van der Waals surface area (Å²) in [6, 6.07) is -0.150. The lowest BCUT2D eigenvalue weighted by atomic mass is 9.97. The Morgan fingerprint density at radius 3 is 2.48 bits per heavy atom. The van der Waals surface area contributed by atoms with Gasteiger partial charge in [-0.25, -0.2) is 4.79 Å². The SMILES string of the molecule is C[C@H](N)C(=O)N1CCC[C@H](CN(C(=O)OC(C)(C)C)C2CC2)C1. The molecule has 0 aromatic rings. The number of hydrogen-bond acceptors (Lipinski definition) is 4. The minimum absolute atomic E-state index is 0.00457. The van der Waals surface area contributed by atoms with E-state index in [1.807, 2.05) is 30.6 Å². The van der Waals surface area contributed by atoms with Crippen molar-refractivity contribution in [1.82, 2.24) is 9.80 Å². The molecule has 1 saturated carbocycles. The molecule has 2 fully saturated rings. The summed E-state index contributed by atoms with van der Waals surface area (Å²) in [6.45, 7) is 9.52. The highest BCUT2D eigenvalue weighted by atomic mass is 16.6. The average molecular weight is 325 g/mol. The predicted molar refractivity (Wildman–Crippen MR) is 88.9 cm³/mol. The van der Waals surface area contributed by atoms with Gasteiger partial charge in [0.1, 0.15) is 5.60 Å². The van der Waals surface area contributed by atoms with Crippen LogP contribution in [0.5, 0.6) is 0 Å². The zero-order chi connectivity index (χ0) is 17.2. The van der Waals surface area contributed by atoms with Crippen LogP contribution in [0.15, 0.2) is 0 Å². The number of nitrogens with two attached hydrogens (primary N) is 1. The first-order valence-electron chi connectivity index (χ1n) is 8.71. The minimum atomic E-state index is -0.478. The minimum Gasteiger partial charge on any atom is -0.444 e. The standard InChI is InChI=1S/C17H31N3O3/c1-12(18)15(21)19-9-5-6-13(10-19)11-20(14-7-8-14)16(22)23-17(2,3)4/h12-14H,5-11,18H2,1-4H3/t12-,13-/m0/s1. The van der Waals surface area contributed by atoms with Crippen LogP contribution < -0.4 is 5.73 Å². The van der Waals surface area contributed by atoms with Gasteiger partial charge in [-0.3, -0.25) is 4.79 Å². The summed E-state index contributed by atoms with van der Waals surface area (Å²) in [6.07, 6.45) is 3.88. The number of amides is 2. The van der Waals surface area contributed by atoms with Crippen molar-refractivity contribution in [3.63, 3.8) is 0 Å². The molecule has 132 valence electrons. The van der Waals surface area contributed by atoms with Gasteiger partial charge in [-0.15, -0.1) is 0 Å². The van der Waals surface area contributed by atoms with Crippen molar-refractivity contribution in [2.75, 3.05) is 19.6 Å². The van der Waals surface area contributed by atoms with E-state index in [0.717, 1.165) is 32.2 Å². The fourth-order valence-corrected chi connectivity index (χ4v) is 3.06. The van der Waals surface area contributed by atoms with Gasteiger partial charge in [0.25, 0.3) is 0 Å². The zero-order valence-electron chi connectivity index (χ0n) is 14.9. The van der Waals surface area contributed by atoms with Crippen LogP contribution in [-0.4, -0.2) is 59.1 Å². The molecule has 6 heteroatoms. The van der Waals surface area contributed by atoms with Crippen molar-refractivity contribution >= 4 is 12.0 Å². The molecule has 6 nitrogen and oxygen atoms in total. The van der Waals surface area contributed by atoms with E-state index in [0.29, 0.717) is 25.0 Å².